The fraction of sp³-hybridized carbons (Fsp3) is 0.300. The predicted molar refractivity (Wildman–Crippen MR) is 52.0 cm³/mol. The zero-order chi connectivity index (χ0) is 11.5. The molecule has 1 rings (SSSR count). The lowest BCUT2D eigenvalue weighted by Gasteiger charge is -2.21. The van der Waals surface area contributed by atoms with Crippen molar-refractivity contribution in [2.75, 3.05) is 13.6 Å². The van der Waals surface area contributed by atoms with Gasteiger partial charge in [-0.25, -0.2) is 0 Å². The molecule has 0 bridgehead atoms. The summed E-state index contributed by atoms with van der Waals surface area (Å²) in [5.41, 5.74) is 0.476. The smallest absolute Gasteiger partial charge is 0.351 e. The largest absolute Gasteiger partial charge is 0.405 e. The quantitative estimate of drug-likeness (QED) is 0.596. The maximum Gasteiger partial charge on any atom is 0.405 e. The molecule has 0 saturated carbocycles. The van der Waals surface area contributed by atoms with Crippen LogP contribution >= 0.6 is 0 Å². The molecule has 0 unspecified atom stereocenters. The van der Waals surface area contributed by atoms with Gasteiger partial charge in [-0.1, -0.05) is 30.3 Å². The van der Waals surface area contributed by atoms with E-state index >= 15 is 0 Å². The van der Waals surface area contributed by atoms with Gasteiger partial charge in [0, 0.05) is 12.6 Å². The van der Waals surface area contributed by atoms with Crippen LogP contribution < -0.4 is 0 Å². The van der Waals surface area contributed by atoms with Crippen LogP contribution in [-0.2, 0) is 0 Å². The Bertz CT molecular complexity index is 332. The summed E-state index contributed by atoms with van der Waals surface area (Å²) in [6.07, 6.45) is -4.28. The van der Waals surface area contributed by atoms with Gasteiger partial charge in [0.25, 0.3) is 0 Å². The van der Waals surface area contributed by atoms with Crippen LogP contribution in [-0.4, -0.2) is 30.5 Å². The average Bonchev–Trinajstić information content (AvgIpc) is 2.15. The molecule has 0 aliphatic carbocycles. The van der Waals surface area contributed by atoms with Crippen molar-refractivity contribution in [3.05, 3.63) is 35.9 Å². The second-order valence-corrected chi connectivity index (χ2v) is 3.19. The Morgan fingerprint density at radius 3 is 2.27 bits per heavy atom. The zero-order valence-electron chi connectivity index (χ0n) is 8.17. The highest BCUT2D eigenvalue weighted by atomic mass is 19.4. The molecule has 0 aliphatic rings. The van der Waals surface area contributed by atoms with Gasteiger partial charge in [-0.05, 0) is 0 Å². The maximum absolute atomic E-state index is 12.0. The molecular formula is C10H11F3N2. The van der Waals surface area contributed by atoms with E-state index in [1.807, 2.05) is 0 Å². The molecule has 0 heterocycles. The van der Waals surface area contributed by atoms with E-state index in [-0.39, 0.29) is 5.84 Å². The molecule has 0 spiro atoms. The summed E-state index contributed by atoms with van der Waals surface area (Å²) >= 11 is 0. The van der Waals surface area contributed by atoms with Gasteiger partial charge >= 0.3 is 6.18 Å². The van der Waals surface area contributed by atoms with Gasteiger partial charge in [0.1, 0.15) is 12.4 Å². The number of nitrogens with one attached hydrogen (secondary N) is 1. The molecule has 0 atom stereocenters. The van der Waals surface area contributed by atoms with Crippen molar-refractivity contribution >= 4 is 5.84 Å². The van der Waals surface area contributed by atoms with Crippen LogP contribution in [0.3, 0.4) is 0 Å². The van der Waals surface area contributed by atoms with E-state index in [1.165, 1.54) is 7.05 Å². The summed E-state index contributed by atoms with van der Waals surface area (Å²) in [4.78, 5) is 0.870. The predicted octanol–water partition coefficient (Wildman–Crippen LogP) is 2.51. The van der Waals surface area contributed by atoms with Crippen LogP contribution in [0.4, 0.5) is 13.2 Å². The van der Waals surface area contributed by atoms with E-state index in [0.29, 0.717) is 5.56 Å². The second-order valence-electron chi connectivity index (χ2n) is 3.19. The number of hydrogen-bond acceptors (Lipinski definition) is 1. The van der Waals surface area contributed by atoms with Crippen molar-refractivity contribution in [1.29, 1.82) is 5.41 Å². The van der Waals surface area contributed by atoms with Crippen LogP contribution in [0.25, 0.3) is 0 Å². The Kier molecular flexibility index (Phi) is 3.34. The number of halogens is 3. The van der Waals surface area contributed by atoms with Crippen LogP contribution in [0.2, 0.25) is 0 Å². The molecule has 0 fully saturated rings. The average molecular weight is 216 g/mol. The Balaban J connectivity index is 2.70. The van der Waals surface area contributed by atoms with E-state index in [0.717, 1.165) is 4.90 Å². The molecule has 15 heavy (non-hydrogen) atoms. The third-order valence-corrected chi connectivity index (χ3v) is 1.85. The Hall–Kier alpha value is -1.52. The lowest BCUT2D eigenvalue weighted by Crippen LogP contribution is -2.35. The normalized spacial score (nSPS) is 11.2. The fourth-order valence-electron chi connectivity index (χ4n) is 1.16. The molecule has 1 aromatic carbocycles. The molecule has 2 nitrogen and oxygen atoms in total. The number of benzene rings is 1. The first-order valence-corrected chi connectivity index (χ1v) is 4.32. The molecule has 0 amide bonds. The Labute approximate surface area is 85.8 Å². The van der Waals surface area contributed by atoms with Crippen molar-refractivity contribution in [2.45, 2.75) is 6.18 Å². The number of amidine groups is 1. The lowest BCUT2D eigenvalue weighted by atomic mass is 10.2. The number of alkyl halides is 3. The topological polar surface area (TPSA) is 27.1 Å². The summed E-state index contributed by atoms with van der Waals surface area (Å²) in [6, 6.07) is 8.33. The van der Waals surface area contributed by atoms with Crippen LogP contribution in [0.5, 0.6) is 0 Å². The van der Waals surface area contributed by atoms with Gasteiger partial charge in [0.15, 0.2) is 0 Å². The van der Waals surface area contributed by atoms with E-state index < -0.39 is 12.7 Å². The summed E-state index contributed by atoms with van der Waals surface area (Å²) in [5.74, 6) is -0.132. The molecule has 0 saturated heterocycles. The minimum absolute atomic E-state index is 0.132. The molecule has 82 valence electrons. The summed E-state index contributed by atoms with van der Waals surface area (Å²) < 4.78 is 36.1. The van der Waals surface area contributed by atoms with Crippen molar-refractivity contribution in [3.63, 3.8) is 0 Å². The van der Waals surface area contributed by atoms with Crippen molar-refractivity contribution < 1.29 is 13.2 Å². The first kappa shape index (κ1) is 11.6. The fourth-order valence-corrected chi connectivity index (χ4v) is 1.16. The third-order valence-electron chi connectivity index (χ3n) is 1.85. The van der Waals surface area contributed by atoms with Crippen molar-refractivity contribution in [2.24, 2.45) is 0 Å². The molecule has 1 N–H and O–H groups in total. The Morgan fingerprint density at radius 2 is 1.80 bits per heavy atom. The standard InChI is InChI=1S/C10H11F3N2/c1-15(7-10(11,12)13)9(14)8-5-3-2-4-6-8/h2-6,14H,7H2,1H3. The second kappa shape index (κ2) is 4.33. The molecule has 0 aromatic heterocycles. The summed E-state index contributed by atoms with van der Waals surface area (Å²) in [7, 11) is 1.25. The minimum atomic E-state index is -4.28. The monoisotopic (exact) mass is 216 g/mol. The van der Waals surface area contributed by atoms with E-state index in [1.54, 1.807) is 30.3 Å². The highest BCUT2D eigenvalue weighted by molar-refractivity contribution is 5.96. The van der Waals surface area contributed by atoms with E-state index in [2.05, 4.69) is 0 Å². The van der Waals surface area contributed by atoms with Crippen molar-refractivity contribution in [1.82, 2.24) is 4.90 Å². The van der Waals surface area contributed by atoms with E-state index in [4.69, 9.17) is 5.41 Å². The zero-order valence-corrected chi connectivity index (χ0v) is 8.17. The molecule has 0 radical (unpaired) electrons. The molecule has 0 aliphatic heterocycles. The van der Waals surface area contributed by atoms with E-state index in [9.17, 15) is 13.2 Å². The minimum Gasteiger partial charge on any atom is -0.351 e. The summed E-state index contributed by atoms with van der Waals surface area (Å²) in [5, 5.41) is 7.54. The van der Waals surface area contributed by atoms with Crippen LogP contribution in [0.15, 0.2) is 30.3 Å². The van der Waals surface area contributed by atoms with Crippen LogP contribution in [0, 0.1) is 5.41 Å². The first-order valence-electron chi connectivity index (χ1n) is 4.32. The van der Waals surface area contributed by atoms with Gasteiger partial charge < -0.3 is 4.90 Å². The van der Waals surface area contributed by atoms with Gasteiger partial charge in [-0.15, -0.1) is 0 Å². The molecule has 5 heteroatoms. The molecular weight excluding hydrogens is 205 g/mol. The first-order chi connectivity index (χ1) is 6.90. The van der Waals surface area contributed by atoms with Gasteiger partial charge in [-0.2, -0.15) is 13.2 Å². The summed E-state index contributed by atoms with van der Waals surface area (Å²) in [6.45, 7) is -1.11. The van der Waals surface area contributed by atoms with Crippen molar-refractivity contribution in [3.8, 4) is 0 Å². The van der Waals surface area contributed by atoms with Gasteiger partial charge in [-0.3, -0.25) is 5.41 Å². The van der Waals surface area contributed by atoms with Crippen LogP contribution in [0.1, 0.15) is 5.56 Å². The number of hydrogen-bond donors (Lipinski definition) is 1. The SMILES string of the molecule is CN(CC(F)(F)F)C(=N)c1ccccc1. The highest BCUT2D eigenvalue weighted by Gasteiger charge is 2.30. The highest BCUT2D eigenvalue weighted by Crippen LogP contribution is 2.16. The maximum atomic E-state index is 12.0. The third kappa shape index (κ3) is 3.61. The Morgan fingerprint density at radius 1 is 1.27 bits per heavy atom. The van der Waals surface area contributed by atoms with Gasteiger partial charge in [0.05, 0.1) is 0 Å². The molecule has 1 aromatic rings. The van der Waals surface area contributed by atoms with Gasteiger partial charge in [0.2, 0.25) is 0 Å². The lowest BCUT2D eigenvalue weighted by molar-refractivity contribution is -0.135. The number of rotatable bonds is 2. The number of nitrogens with zero attached hydrogens (tertiary/aromatic N) is 1.